The minimum atomic E-state index is -3.77. The second-order valence-electron chi connectivity index (χ2n) is 7.15. The average molecular weight is 454 g/mol. The number of nitrogens with one attached hydrogen (secondary N) is 1. The number of hydrogen-bond donors (Lipinski definition) is 1. The van der Waals surface area contributed by atoms with Crippen LogP contribution in [0.3, 0.4) is 0 Å². The molecule has 0 radical (unpaired) electrons. The van der Waals surface area contributed by atoms with E-state index >= 15 is 0 Å². The molecule has 0 aliphatic carbocycles. The van der Waals surface area contributed by atoms with Crippen LogP contribution < -0.4 is 4.72 Å². The molecule has 3 heterocycles. The van der Waals surface area contributed by atoms with Gasteiger partial charge in [-0.05, 0) is 43.8 Å². The van der Waals surface area contributed by atoms with Crippen LogP contribution >= 0.6 is 11.3 Å². The number of hydrogen-bond acceptors (Lipinski definition) is 6. The molecule has 31 heavy (non-hydrogen) atoms. The molecule has 0 aliphatic heterocycles. The van der Waals surface area contributed by atoms with Crippen LogP contribution in [0.2, 0.25) is 0 Å². The first-order valence-electron chi connectivity index (χ1n) is 9.92. The van der Waals surface area contributed by atoms with Crippen LogP contribution in [-0.4, -0.2) is 28.4 Å². The van der Waals surface area contributed by atoms with Crippen LogP contribution in [0.4, 0.5) is 0 Å². The molecule has 1 aromatic carbocycles. The zero-order valence-corrected chi connectivity index (χ0v) is 19.1. The molecule has 0 saturated heterocycles. The van der Waals surface area contributed by atoms with Crippen LogP contribution in [0, 0.1) is 13.8 Å². The van der Waals surface area contributed by atoms with Gasteiger partial charge in [0.15, 0.2) is 5.82 Å². The van der Waals surface area contributed by atoms with E-state index in [1.165, 1.54) is 16.0 Å². The first-order valence-corrected chi connectivity index (χ1v) is 12.3. The van der Waals surface area contributed by atoms with Gasteiger partial charge in [0, 0.05) is 10.4 Å². The number of aryl methyl sites for hydroxylation is 1. The van der Waals surface area contributed by atoms with E-state index in [9.17, 15) is 8.42 Å². The summed E-state index contributed by atoms with van der Waals surface area (Å²) in [5, 5.41) is 15.0. The second-order valence-corrected chi connectivity index (χ2v) is 9.78. The molecular formula is C22H23N5O2S2. The maximum atomic E-state index is 13.2. The predicted octanol–water partition coefficient (Wildman–Crippen LogP) is 4.44. The molecule has 4 aromatic rings. The minimum Gasteiger partial charge on any atom is -0.216 e. The molecule has 7 nitrogen and oxygen atoms in total. The second kappa shape index (κ2) is 8.70. The molecule has 0 saturated carbocycles. The number of thiophene rings is 1. The van der Waals surface area contributed by atoms with Crippen molar-refractivity contribution in [3.8, 4) is 17.1 Å². The van der Waals surface area contributed by atoms with E-state index in [-0.39, 0.29) is 10.9 Å². The van der Waals surface area contributed by atoms with Gasteiger partial charge in [-0.25, -0.2) is 17.8 Å². The third kappa shape index (κ3) is 4.30. The van der Waals surface area contributed by atoms with Crippen molar-refractivity contribution in [2.45, 2.75) is 38.1 Å². The van der Waals surface area contributed by atoms with Gasteiger partial charge >= 0.3 is 0 Å². The molecule has 0 aliphatic rings. The van der Waals surface area contributed by atoms with E-state index < -0.39 is 10.0 Å². The molecule has 1 N–H and O–H groups in total. The van der Waals surface area contributed by atoms with Gasteiger partial charge in [-0.3, -0.25) is 0 Å². The summed E-state index contributed by atoms with van der Waals surface area (Å²) < 4.78 is 30.8. The van der Waals surface area contributed by atoms with Crippen LogP contribution in [0.5, 0.6) is 0 Å². The van der Waals surface area contributed by atoms with Crippen molar-refractivity contribution >= 4 is 21.4 Å². The molecule has 0 unspecified atom stereocenters. The summed E-state index contributed by atoms with van der Waals surface area (Å²) in [5.74, 6) is 0.465. The predicted molar refractivity (Wildman–Crippen MR) is 122 cm³/mol. The normalized spacial score (nSPS) is 12.7. The lowest BCUT2D eigenvalue weighted by Gasteiger charge is -2.16. The topological polar surface area (TPSA) is 89.8 Å². The lowest BCUT2D eigenvalue weighted by atomic mass is 10.1. The van der Waals surface area contributed by atoms with E-state index in [2.05, 4.69) is 20.0 Å². The summed E-state index contributed by atoms with van der Waals surface area (Å²) in [6.07, 6.45) is 0.651. The number of benzene rings is 1. The molecule has 3 aromatic heterocycles. The molecular weight excluding hydrogens is 430 g/mol. The number of sulfonamides is 1. The van der Waals surface area contributed by atoms with Gasteiger partial charge in [-0.15, -0.1) is 21.5 Å². The fourth-order valence-corrected chi connectivity index (χ4v) is 6.15. The van der Waals surface area contributed by atoms with Crippen molar-refractivity contribution in [1.29, 1.82) is 0 Å². The van der Waals surface area contributed by atoms with Crippen molar-refractivity contribution in [1.82, 2.24) is 24.7 Å². The molecule has 0 fully saturated rings. The molecule has 160 valence electrons. The Hall–Kier alpha value is -2.88. The third-order valence-corrected chi connectivity index (χ3v) is 7.73. The van der Waals surface area contributed by atoms with Crippen molar-refractivity contribution < 1.29 is 8.42 Å². The van der Waals surface area contributed by atoms with Gasteiger partial charge in [-0.2, -0.15) is 5.10 Å². The van der Waals surface area contributed by atoms with Crippen molar-refractivity contribution in [3.63, 3.8) is 0 Å². The van der Waals surface area contributed by atoms with Gasteiger partial charge in [0.2, 0.25) is 10.0 Å². The molecule has 1 atom stereocenters. The lowest BCUT2D eigenvalue weighted by molar-refractivity contribution is 0.552. The monoisotopic (exact) mass is 453 g/mol. The SMILES string of the molecule is CC[C@@H](NS(=O)(=O)c1c(C)nn(-c2ccc(-c3ccccc3)nn2)c1C)c1cccs1. The van der Waals surface area contributed by atoms with Gasteiger partial charge in [0.25, 0.3) is 0 Å². The Kier molecular flexibility index (Phi) is 5.99. The number of rotatable bonds is 7. The lowest BCUT2D eigenvalue weighted by Crippen LogP contribution is -2.28. The third-order valence-electron chi connectivity index (χ3n) is 5.02. The molecule has 9 heteroatoms. The highest BCUT2D eigenvalue weighted by molar-refractivity contribution is 7.89. The summed E-state index contributed by atoms with van der Waals surface area (Å²) in [5.41, 5.74) is 2.61. The van der Waals surface area contributed by atoms with Crippen molar-refractivity contribution in [2.75, 3.05) is 0 Å². The van der Waals surface area contributed by atoms with E-state index in [1.807, 2.05) is 60.8 Å². The Morgan fingerprint density at radius 1 is 1.03 bits per heavy atom. The van der Waals surface area contributed by atoms with E-state index in [0.717, 1.165) is 16.1 Å². The Morgan fingerprint density at radius 2 is 1.81 bits per heavy atom. The zero-order chi connectivity index (χ0) is 22.0. The largest absolute Gasteiger partial charge is 0.244 e. The molecule has 0 amide bonds. The number of aromatic nitrogens is 4. The fraction of sp³-hybridized carbons (Fsp3) is 0.227. The van der Waals surface area contributed by atoms with Crippen LogP contribution in [-0.2, 0) is 10.0 Å². The maximum absolute atomic E-state index is 13.2. The van der Waals surface area contributed by atoms with E-state index in [1.54, 1.807) is 19.9 Å². The minimum absolute atomic E-state index is 0.177. The summed E-state index contributed by atoms with van der Waals surface area (Å²) >= 11 is 1.54. The van der Waals surface area contributed by atoms with Crippen LogP contribution in [0.1, 0.15) is 35.7 Å². The number of nitrogens with zero attached hydrogens (tertiary/aromatic N) is 4. The Bertz CT molecular complexity index is 1270. The van der Waals surface area contributed by atoms with Gasteiger partial charge in [-0.1, -0.05) is 43.3 Å². The summed E-state index contributed by atoms with van der Waals surface area (Å²) in [4.78, 5) is 1.16. The van der Waals surface area contributed by atoms with Crippen molar-refractivity contribution in [3.05, 3.63) is 76.2 Å². The van der Waals surface area contributed by atoms with Crippen LogP contribution in [0.15, 0.2) is 64.9 Å². The molecule has 4 rings (SSSR count). The maximum Gasteiger partial charge on any atom is 0.244 e. The van der Waals surface area contributed by atoms with Crippen LogP contribution in [0.25, 0.3) is 17.1 Å². The Morgan fingerprint density at radius 3 is 2.42 bits per heavy atom. The van der Waals surface area contributed by atoms with Gasteiger partial charge < -0.3 is 0 Å². The Balaban J connectivity index is 1.66. The van der Waals surface area contributed by atoms with Gasteiger partial charge in [0.1, 0.15) is 4.90 Å². The van der Waals surface area contributed by atoms with Crippen molar-refractivity contribution in [2.24, 2.45) is 0 Å². The quantitative estimate of drug-likeness (QED) is 0.447. The summed E-state index contributed by atoms with van der Waals surface area (Å²) in [6.45, 7) is 5.38. The summed E-state index contributed by atoms with van der Waals surface area (Å²) in [6, 6.07) is 17.0. The molecule has 0 spiro atoms. The standard InChI is InChI=1S/C22H23N5O2S2/c1-4-18(20-11-8-14-30-20)26-31(28,29)22-15(2)25-27(16(22)3)21-13-12-19(23-24-21)17-9-6-5-7-10-17/h5-14,18,26H,4H2,1-3H3/t18-/m1/s1. The van der Waals surface area contributed by atoms with E-state index in [0.29, 0.717) is 23.6 Å². The Labute approximate surface area is 185 Å². The zero-order valence-electron chi connectivity index (χ0n) is 17.5. The highest BCUT2D eigenvalue weighted by atomic mass is 32.2. The highest BCUT2D eigenvalue weighted by Gasteiger charge is 2.28. The first-order chi connectivity index (χ1) is 14.9. The fourth-order valence-electron chi connectivity index (χ4n) is 3.52. The summed E-state index contributed by atoms with van der Waals surface area (Å²) in [7, 11) is -3.77. The van der Waals surface area contributed by atoms with Gasteiger partial charge in [0.05, 0.1) is 23.1 Å². The molecule has 0 bridgehead atoms. The highest BCUT2D eigenvalue weighted by Crippen LogP contribution is 2.27. The average Bonchev–Trinajstić information content (AvgIpc) is 3.41. The smallest absolute Gasteiger partial charge is 0.216 e. The first kappa shape index (κ1) is 21.4. The van der Waals surface area contributed by atoms with E-state index in [4.69, 9.17) is 0 Å².